The molecule has 1 aromatic heterocycles. The third-order valence-electron chi connectivity index (χ3n) is 4.57. The van der Waals surface area contributed by atoms with Crippen molar-refractivity contribution in [1.82, 2.24) is 0 Å². The van der Waals surface area contributed by atoms with Crippen molar-refractivity contribution in [2.24, 2.45) is 0 Å². The summed E-state index contributed by atoms with van der Waals surface area (Å²) in [5.74, 6) is 0.471. The summed E-state index contributed by atoms with van der Waals surface area (Å²) in [6, 6.07) is 17.2. The minimum Gasteiger partial charge on any atom is -0.460 e. The molecule has 0 saturated heterocycles. The van der Waals surface area contributed by atoms with Gasteiger partial charge in [-0.3, -0.25) is 4.79 Å². The predicted molar refractivity (Wildman–Crippen MR) is 118 cm³/mol. The zero-order chi connectivity index (χ0) is 21.3. The molecule has 0 bridgehead atoms. The molecular weight excluding hydrogens is 448 g/mol. The lowest BCUT2D eigenvalue weighted by Crippen LogP contribution is -2.09. The van der Waals surface area contributed by atoms with E-state index in [1.165, 1.54) is 12.3 Å². The standard InChI is InChI=1S/C24H17BrO5/c1-14-3-4-15(2)20(11-14)30-22-13-28-21-12-18(9-10-19(21)23(22)26)29-24(27)16-5-7-17(25)8-6-16/h3-13H,1-2H3. The first kappa shape index (κ1) is 19.9. The monoisotopic (exact) mass is 464 g/mol. The number of carbonyl (C=O) groups is 1. The van der Waals surface area contributed by atoms with Crippen molar-refractivity contribution in [3.63, 3.8) is 0 Å². The van der Waals surface area contributed by atoms with Gasteiger partial charge in [-0.15, -0.1) is 0 Å². The first-order chi connectivity index (χ1) is 14.4. The van der Waals surface area contributed by atoms with Crippen molar-refractivity contribution in [2.75, 3.05) is 0 Å². The van der Waals surface area contributed by atoms with Crippen LogP contribution < -0.4 is 14.9 Å². The quantitative estimate of drug-likeness (QED) is 0.266. The van der Waals surface area contributed by atoms with E-state index >= 15 is 0 Å². The van der Waals surface area contributed by atoms with Crippen molar-refractivity contribution in [3.8, 4) is 17.2 Å². The summed E-state index contributed by atoms with van der Waals surface area (Å²) in [6.45, 7) is 3.86. The van der Waals surface area contributed by atoms with E-state index in [-0.39, 0.29) is 16.9 Å². The lowest BCUT2D eigenvalue weighted by atomic mass is 10.1. The molecule has 5 nitrogen and oxygen atoms in total. The van der Waals surface area contributed by atoms with Crippen molar-refractivity contribution < 1.29 is 18.7 Å². The van der Waals surface area contributed by atoms with Crippen LogP contribution in [-0.2, 0) is 0 Å². The lowest BCUT2D eigenvalue weighted by Gasteiger charge is -2.10. The summed E-state index contributed by atoms with van der Waals surface area (Å²) < 4.78 is 17.6. The Bertz CT molecular complexity index is 1310. The molecule has 0 unspecified atom stereocenters. The Labute approximate surface area is 181 Å². The topological polar surface area (TPSA) is 65.7 Å². The fourth-order valence-electron chi connectivity index (χ4n) is 2.91. The van der Waals surface area contributed by atoms with Gasteiger partial charge in [0.1, 0.15) is 23.3 Å². The first-order valence-corrected chi connectivity index (χ1v) is 9.98. The molecule has 0 fully saturated rings. The van der Waals surface area contributed by atoms with Crippen LogP contribution in [0.3, 0.4) is 0 Å². The smallest absolute Gasteiger partial charge is 0.343 e. The molecule has 0 radical (unpaired) electrons. The minimum atomic E-state index is -0.501. The van der Waals surface area contributed by atoms with Gasteiger partial charge < -0.3 is 13.9 Å². The number of hydrogen-bond donors (Lipinski definition) is 0. The summed E-state index contributed by atoms with van der Waals surface area (Å²) in [7, 11) is 0. The van der Waals surface area contributed by atoms with E-state index < -0.39 is 5.97 Å². The molecule has 30 heavy (non-hydrogen) atoms. The third-order valence-corrected chi connectivity index (χ3v) is 5.10. The normalized spacial score (nSPS) is 10.8. The fraction of sp³-hybridized carbons (Fsp3) is 0.0833. The van der Waals surface area contributed by atoms with E-state index in [0.717, 1.165) is 15.6 Å². The highest BCUT2D eigenvalue weighted by Crippen LogP contribution is 2.27. The Hall–Kier alpha value is -3.38. The number of rotatable bonds is 4. The van der Waals surface area contributed by atoms with E-state index in [9.17, 15) is 9.59 Å². The van der Waals surface area contributed by atoms with Gasteiger partial charge in [0.15, 0.2) is 0 Å². The SMILES string of the molecule is Cc1ccc(C)c(Oc2coc3cc(OC(=O)c4ccc(Br)cc4)ccc3c2=O)c1. The fourth-order valence-corrected chi connectivity index (χ4v) is 3.18. The molecule has 4 aromatic rings. The van der Waals surface area contributed by atoms with Gasteiger partial charge in [0.25, 0.3) is 0 Å². The molecule has 150 valence electrons. The highest BCUT2D eigenvalue weighted by atomic mass is 79.9. The maximum Gasteiger partial charge on any atom is 0.343 e. The van der Waals surface area contributed by atoms with Crippen molar-refractivity contribution >= 4 is 32.9 Å². The molecule has 0 aliphatic heterocycles. The van der Waals surface area contributed by atoms with E-state index in [1.54, 1.807) is 36.4 Å². The molecule has 0 saturated carbocycles. The summed E-state index contributed by atoms with van der Waals surface area (Å²) in [5.41, 5.74) is 2.35. The second-order valence-corrected chi connectivity index (χ2v) is 7.77. The lowest BCUT2D eigenvalue weighted by molar-refractivity contribution is 0.0735. The molecular formula is C24H17BrO5. The second-order valence-electron chi connectivity index (χ2n) is 6.85. The number of fused-ring (bicyclic) bond motifs is 1. The largest absolute Gasteiger partial charge is 0.460 e. The van der Waals surface area contributed by atoms with Crippen molar-refractivity contribution in [3.05, 3.63) is 98.3 Å². The number of esters is 1. The average Bonchev–Trinajstić information content (AvgIpc) is 2.73. The number of aryl methyl sites for hydroxylation is 2. The second kappa shape index (κ2) is 8.16. The van der Waals surface area contributed by atoms with E-state index in [1.807, 2.05) is 32.0 Å². The Morgan fingerprint density at radius 1 is 0.933 bits per heavy atom. The van der Waals surface area contributed by atoms with Crippen LogP contribution in [0.5, 0.6) is 17.2 Å². The Morgan fingerprint density at radius 2 is 1.70 bits per heavy atom. The van der Waals surface area contributed by atoms with E-state index in [4.69, 9.17) is 13.9 Å². The van der Waals surface area contributed by atoms with Gasteiger partial charge in [0, 0.05) is 10.5 Å². The van der Waals surface area contributed by atoms with E-state index in [2.05, 4.69) is 15.9 Å². The zero-order valence-corrected chi connectivity index (χ0v) is 17.9. The van der Waals surface area contributed by atoms with E-state index in [0.29, 0.717) is 22.3 Å². The van der Waals surface area contributed by atoms with Crippen LogP contribution in [0.1, 0.15) is 21.5 Å². The molecule has 6 heteroatoms. The summed E-state index contributed by atoms with van der Waals surface area (Å²) >= 11 is 3.32. The van der Waals surface area contributed by atoms with Crippen LogP contribution in [0.4, 0.5) is 0 Å². The van der Waals surface area contributed by atoms with Crippen LogP contribution in [-0.4, -0.2) is 5.97 Å². The number of carbonyl (C=O) groups excluding carboxylic acids is 1. The van der Waals surface area contributed by atoms with Crippen LogP contribution in [0.25, 0.3) is 11.0 Å². The number of halogens is 1. The minimum absolute atomic E-state index is 0.0933. The molecule has 4 rings (SSSR count). The third kappa shape index (κ3) is 4.14. The predicted octanol–water partition coefficient (Wildman–Crippen LogP) is 6.18. The van der Waals surface area contributed by atoms with Gasteiger partial charge >= 0.3 is 5.97 Å². The molecule has 0 atom stereocenters. The Kier molecular flexibility index (Phi) is 5.42. The van der Waals surface area contributed by atoms with Gasteiger partial charge in [-0.05, 0) is 67.4 Å². The zero-order valence-electron chi connectivity index (χ0n) is 16.3. The molecule has 0 aliphatic carbocycles. The molecule has 0 N–H and O–H groups in total. The summed E-state index contributed by atoms with van der Waals surface area (Å²) in [6.07, 6.45) is 1.27. The van der Waals surface area contributed by atoms with Crippen molar-refractivity contribution in [2.45, 2.75) is 13.8 Å². The van der Waals surface area contributed by atoms with Gasteiger partial charge in [0.2, 0.25) is 11.2 Å². The molecule has 0 amide bonds. The van der Waals surface area contributed by atoms with Gasteiger partial charge in [0.05, 0.1) is 10.9 Å². The molecule has 3 aromatic carbocycles. The van der Waals surface area contributed by atoms with Crippen LogP contribution in [0.15, 0.2) is 80.6 Å². The van der Waals surface area contributed by atoms with Crippen LogP contribution >= 0.6 is 15.9 Å². The summed E-state index contributed by atoms with van der Waals surface area (Å²) in [4.78, 5) is 25.1. The first-order valence-electron chi connectivity index (χ1n) is 9.19. The van der Waals surface area contributed by atoms with Gasteiger partial charge in [-0.2, -0.15) is 0 Å². The Morgan fingerprint density at radius 3 is 2.47 bits per heavy atom. The van der Waals surface area contributed by atoms with Gasteiger partial charge in [-0.25, -0.2) is 4.79 Å². The number of benzene rings is 3. The molecule has 0 aliphatic rings. The van der Waals surface area contributed by atoms with Crippen LogP contribution in [0, 0.1) is 13.8 Å². The maximum absolute atomic E-state index is 12.8. The average molecular weight is 465 g/mol. The number of ether oxygens (including phenoxy) is 2. The highest BCUT2D eigenvalue weighted by molar-refractivity contribution is 9.10. The molecule has 1 heterocycles. The Balaban J connectivity index is 1.61. The highest BCUT2D eigenvalue weighted by Gasteiger charge is 2.13. The van der Waals surface area contributed by atoms with Crippen molar-refractivity contribution in [1.29, 1.82) is 0 Å². The molecule has 0 spiro atoms. The van der Waals surface area contributed by atoms with Crippen LogP contribution in [0.2, 0.25) is 0 Å². The summed E-state index contributed by atoms with van der Waals surface area (Å²) in [5, 5.41) is 0.334. The number of hydrogen-bond acceptors (Lipinski definition) is 5. The maximum atomic E-state index is 12.8. The van der Waals surface area contributed by atoms with Gasteiger partial charge in [-0.1, -0.05) is 28.1 Å².